The first kappa shape index (κ1) is 19.3. The normalized spacial score (nSPS) is 32.2. The largest absolute Gasteiger partial charge is 0.467 e. The molecule has 6 heteroatoms. The summed E-state index contributed by atoms with van der Waals surface area (Å²) in [7, 11) is 1.36. The van der Waals surface area contributed by atoms with Crippen molar-refractivity contribution in [1.82, 2.24) is 5.32 Å². The fourth-order valence-corrected chi connectivity index (χ4v) is 6.56. The third-order valence-corrected chi connectivity index (χ3v) is 7.75. The van der Waals surface area contributed by atoms with Crippen LogP contribution >= 0.6 is 27.5 Å². The number of esters is 1. The molecule has 1 aromatic rings. The van der Waals surface area contributed by atoms with Gasteiger partial charge in [0.25, 0.3) is 0 Å². The van der Waals surface area contributed by atoms with Gasteiger partial charge in [0.05, 0.1) is 7.11 Å². The van der Waals surface area contributed by atoms with E-state index < -0.39 is 12.0 Å². The molecule has 4 fully saturated rings. The van der Waals surface area contributed by atoms with E-state index >= 15 is 0 Å². The van der Waals surface area contributed by atoms with Crippen molar-refractivity contribution < 1.29 is 14.3 Å². The van der Waals surface area contributed by atoms with Crippen LogP contribution in [0.4, 0.5) is 0 Å². The molecule has 1 aromatic carbocycles. The summed E-state index contributed by atoms with van der Waals surface area (Å²) in [6.07, 6.45) is 7.11. The van der Waals surface area contributed by atoms with Gasteiger partial charge in [0.2, 0.25) is 5.91 Å². The number of rotatable bonds is 5. The number of nitrogens with one attached hydrogen (secondary N) is 1. The number of methoxy groups -OCH3 is 1. The lowest BCUT2D eigenvalue weighted by molar-refractivity contribution is -0.152. The summed E-state index contributed by atoms with van der Waals surface area (Å²) < 4.78 is 5.84. The third kappa shape index (κ3) is 3.77. The van der Waals surface area contributed by atoms with Crippen molar-refractivity contribution in [2.24, 2.45) is 23.2 Å². The van der Waals surface area contributed by atoms with E-state index in [0.717, 1.165) is 29.3 Å². The molecule has 146 valence electrons. The monoisotopic (exact) mass is 453 g/mol. The molecule has 0 aliphatic heterocycles. The molecule has 0 unspecified atom stereocenters. The molecular formula is C21H25BrClNO3. The van der Waals surface area contributed by atoms with Gasteiger partial charge in [-0.1, -0.05) is 27.5 Å². The Balaban J connectivity index is 1.53. The molecule has 0 radical (unpaired) electrons. The standard InChI is InChI=1S/C21H25BrClNO3/c1-27-19(25)18(8-15-7-16(23)2-3-17(15)22)24-20(26)21-9-12-4-13(10-21)6-14(5-12)11-21/h2-3,7,12-14,18H,4-6,8-11H2,1H3,(H,24,26)/t12?,13?,14?,18-,21?/m1/s1. The minimum atomic E-state index is -0.703. The van der Waals surface area contributed by atoms with E-state index in [4.69, 9.17) is 16.3 Å². The van der Waals surface area contributed by atoms with Crippen molar-refractivity contribution in [3.8, 4) is 0 Å². The second-order valence-corrected chi connectivity index (χ2v) is 9.98. The molecule has 4 bridgehead atoms. The van der Waals surface area contributed by atoms with Crippen LogP contribution < -0.4 is 5.32 Å². The number of ether oxygens (including phenoxy) is 1. The topological polar surface area (TPSA) is 55.4 Å². The summed E-state index contributed by atoms with van der Waals surface area (Å²) in [6, 6.07) is 4.76. The van der Waals surface area contributed by atoms with E-state index in [0.29, 0.717) is 29.2 Å². The van der Waals surface area contributed by atoms with Crippen LogP contribution in [0.5, 0.6) is 0 Å². The van der Waals surface area contributed by atoms with E-state index in [1.54, 1.807) is 6.07 Å². The summed E-state index contributed by atoms with van der Waals surface area (Å²) >= 11 is 9.61. The first-order valence-corrected chi connectivity index (χ1v) is 10.9. The molecule has 4 aliphatic rings. The SMILES string of the molecule is COC(=O)[C@@H](Cc1cc(Cl)ccc1Br)NC(=O)C12CC3CC(CC(C3)C1)C2. The summed E-state index contributed by atoms with van der Waals surface area (Å²) in [4.78, 5) is 25.7. The van der Waals surface area contributed by atoms with Crippen molar-refractivity contribution in [3.63, 3.8) is 0 Å². The Morgan fingerprint density at radius 3 is 2.37 bits per heavy atom. The maximum atomic E-state index is 13.3. The Labute approximate surface area is 173 Å². The number of amides is 1. The van der Waals surface area contributed by atoms with E-state index in [2.05, 4.69) is 21.2 Å². The van der Waals surface area contributed by atoms with Crippen molar-refractivity contribution in [2.45, 2.75) is 51.0 Å². The maximum Gasteiger partial charge on any atom is 0.328 e. The van der Waals surface area contributed by atoms with Crippen LogP contribution in [-0.4, -0.2) is 25.0 Å². The predicted molar refractivity (Wildman–Crippen MR) is 107 cm³/mol. The second-order valence-electron chi connectivity index (χ2n) is 8.69. The van der Waals surface area contributed by atoms with Crippen molar-refractivity contribution in [2.75, 3.05) is 7.11 Å². The molecule has 5 rings (SSSR count). The highest BCUT2D eigenvalue weighted by Crippen LogP contribution is 2.60. The Bertz CT molecular complexity index is 731. The Morgan fingerprint density at radius 1 is 1.22 bits per heavy atom. The highest BCUT2D eigenvalue weighted by Gasteiger charge is 2.55. The van der Waals surface area contributed by atoms with Crippen LogP contribution in [0.25, 0.3) is 0 Å². The lowest BCUT2D eigenvalue weighted by Crippen LogP contribution is -2.56. The number of carbonyl (C=O) groups excluding carboxylic acids is 2. The molecule has 4 aliphatic carbocycles. The number of benzene rings is 1. The van der Waals surface area contributed by atoms with Gasteiger partial charge in [-0.05, 0) is 80.0 Å². The lowest BCUT2D eigenvalue weighted by atomic mass is 9.49. The van der Waals surface area contributed by atoms with Crippen LogP contribution in [-0.2, 0) is 20.7 Å². The average Bonchev–Trinajstić information content (AvgIpc) is 2.62. The van der Waals surface area contributed by atoms with Gasteiger partial charge in [-0.3, -0.25) is 4.79 Å². The second kappa shape index (κ2) is 7.40. The summed E-state index contributed by atoms with van der Waals surface area (Å²) in [5.74, 6) is 1.66. The van der Waals surface area contributed by atoms with Crippen LogP contribution in [0.1, 0.15) is 44.1 Å². The molecule has 4 nitrogen and oxygen atoms in total. The number of halogens is 2. The predicted octanol–water partition coefficient (Wildman–Crippen LogP) is 4.52. The van der Waals surface area contributed by atoms with Crippen LogP contribution in [0.15, 0.2) is 22.7 Å². The van der Waals surface area contributed by atoms with Gasteiger partial charge in [-0.15, -0.1) is 0 Å². The van der Waals surface area contributed by atoms with Gasteiger partial charge >= 0.3 is 5.97 Å². The van der Waals surface area contributed by atoms with Gasteiger partial charge in [0.15, 0.2) is 0 Å². The fraction of sp³-hybridized carbons (Fsp3) is 0.619. The molecule has 0 heterocycles. The van der Waals surface area contributed by atoms with Gasteiger partial charge in [0.1, 0.15) is 6.04 Å². The minimum absolute atomic E-state index is 0.0372. The molecule has 0 aromatic heterocycles. The highest BCUT2D eigenvalue weighted by atomic mass is 79.9. The average molecular weight is 455 g/mol. The van der Waals surface area contributed by atoms with E-state index in [-0.39, 0.29) is 11.3 Å². The summed E-state index contributed by atoms with van der Waals surface area (Å²) in [5.41, 5.74) is 0.593. The van der Waals surface area contributed by atoms with Crippen LogP contribution in [0.2, 0.25) is 5.02 Å². The van der Waals surface area contributed by atoms with Crippen molar-refractivity contribution in [1.29, 1.82) is 0 Å². The zero-order valence-electron chi connectivity index (χ0n) is 15.5. The molecule has 0 saturated heterocycles. The van der Waals surface area contributed by atoms with Crippen LogP contribution in [0.3, 0.4) is 0 Å². The zero-order chi connectivity index (χ0) is 19.2. The summed E-state index contributed by atoms with van der Waals surface area (Å²) in [5, 5.41) is 3.64. The van der Waals surface area contributed by atoms with Gasteiger partial charge in [-0.25, -0.2) is 4.79 Å². The van der Waals surface area contributed by atoms with Crippen molar-refractivity contribution >= 4 is 39.4 Å². The quantitative estimate of drug-likeness (QED) is 0.666. The van der Waals surface area contributed by atoms with Gasteiger partial charge in [-0.2, -0.15) is 0 Å². The van der Waals surface area contributed by atoms with Crippen LogP contribution in [0, 0.1) is 23.2 Å². The molecular weight excluding hydrogens is 430 g/mol. The highest BCUT2D eigenvalue weighted by molar-refractivity contribution is 9.10. The summed E-state index contributed by atoms with van der Waals surface area (Å²) in [6.45, 7) is 0. The Hall–Kier alpha value is -1.07. The van der Waals surface area contributed by atoms with Gasteiger partial charge in [0, 0.05) is 21.3 Å². The maximum absolute atomic E-state index is 13.3. The lowest BCUT2D eigenvalue weighted by Gasteiger charge is -2.55. The van der Waals surface area contributed by atoms with E-state index in [9.17, 15) is 9.59 Å². The number of hydrogen-bond donors (Lipinski definition) is 1. The van der Waals surface area contributed by atoms with E-state index in [1.165, 1.54) is 26.4 Å². The number of hydrogen-bond acceptors (Lipinski definition) is 3. The fourth-order valence-electron chi connectivity index (χ4n) is 5.96. The molecule has 1 atom stereocenters. The van der Waals surface area contributed by atoms with E-state index in [1.807, 2.05) is 12.1 Å². The first-order valence-electron chi connectivity index (χ1n) is 9.71. The molecule has 4 saturated carbocycles. The third-order valence-electron chi connectivity index (χ3n) is 6.74. The Morgan fingerprint density at radius 2 is 1.81 bits per heavy atom. The minimum Gasteiger partial charge on any atom is -0.467 e. The Kier molecular flexibility index (Phi) is 5.28. The molecule has 1 N–H and O–H groups in total. The van der Waals surface area contributed by atoms with Crippen molar-refractivity contribution in [3.05, 3.63) is 33.3 Å². The molecule has 0 spiro atoms. The smallest absolute Gasteiger partial charge is 0.328 e. The molecule has 1 amide bonds. The van der Waals surface area contributed by atoms with Gasteiger partial charge < -0.3 is 10.1 Å². The zero-order valence-corrected chi connectivity index (χ0v) is 17.8. The number of carbonyl (C=O) groups is 2. The first-order chi connectivity index (χ1) is 12.9. The molecule has 27 heavy (non-hydrogen) atoms.